The Balaban J connectivity index is 2.27. The van der Waals surface area contributed by atoms with Crippen LogP contribution in [-0.2, 0) is 6.42 Å². The third kappa shape index (κ3) is 2.81. The molecular weight excluding hydrogens is 328 g/mol. The first-order valence-electron chi connectivity index (χ1n) is 7.47. The number of nitrogens with two attached hydrogens (primary N) is 2. The molecule has 0 aliphatic carbocycles. The minimum atomic E-state index is -0.153. The van der Waals surface area contributed by atoms with Crippen LogP contribution in [0, 0.1) is 10.4 Å². The zero-order valence-electron chi connectivity index (χ0n) is 13.1. The summed E-state index contributed by atoms with van der Waals surface area (Å²) in [5.41, 5.74) is 13.7. The molecule has 3 rings (SSSR count). The van der Waals surface area contributed by atoms with E-state index in [1.54, 1.807) is 42.5 Å². The number of nitrogens with zero attached hydrogens (tertiary/aromatic N) is 2. The molecule has 0 bridgehead atoms. The highest BCUT2D eigenvalue weighted by Gasteiger charge is 2.25. The topological polar surface area (TPSA) is 106 Å². The average molecular weight is 345 g/mol. The number of benzene rings is 2. The van der Waals surface area contributed by atoms with E-state index in [2.05, 4.69) is 0 Å². The van der Waals surface area contributed by atoms with E-state index in [0.717, 1.165) is 5.56 Å². The lowest BCUT2D eigenvalue weighted by atomic mass is 10.1. The molecule has 0 aliphatic heterocycles. The van der Waals surface area contributed by atoms with Gasteiger partial charge < -0.3 is 16.1 Å². The van der Waals surface area contributed by atoms with E-state index in [-0.39, 0.29) is 28.6 Å². The second kappa shape index (κ2) is 6.14. The Labute approximate surface area is 144 Å². The van der Waals surface area contributed by atoms with Crippen LogP contribution >= 0.6 is 11.6 Å². The van der Waals surface area contributed by atoms with Gasteiger partial charge in [0.1, 0.15) is 0 Å². The van der Waals surface area contributed by atoms with Gasteiger partial charge in [0.05, 0.1) is 5.56 Å². The van der Waals surface area contributed by atoms with Crippen molar-refractivity contribution in [2.45, 2.75) is 19.4 Å². The number of rotatable bonds is 3. The zero-order chi connectivity index (χ0) is 17.4. The first-order valence-corrected chi connectivity index (χ1v) is 7.85. The quantitative estimate of drug-likeness (QED) is 0.559. The summed E-state index contributed by atoms with van der Waals surface area (Å²) >= 11 is 5.88. The average Bonchev–Trinajstić information content (AvgIpc) is 2.54. The molecule has 7 heteroatoms. The molecule has 0 spiro atoms. The van der Waals surface area contributed by atoms with Crippen LogP contribution in [-0.4, -0.2) is 6.04 Å². The predicted molar refractivity (Wildman–Crippen MR) is 94.1 cm³/mol. The zero-order valence-corrected chi connectivity index (χ0v) is 13.8. The lowest BCUT2D eigenvalue weighted by Gasteiger charge is -2.14. The first kappa shape index (κ1) is 16.3. The molecule has 0 radical (unpaired) electrons. The van der Waals surface area contributed by atoms with Crippen molar-refractivity contribution in [3.05, 3.63) is 63.5 Å². The van der Waals surface area contributed by atoms with E-state index in [1.165, 1.54) is 0 Å². The molecule has 0 aliphatic rings. The van der Waals surface area contributed by atoms with Crippen LogP contribution in [0.5, 0.6) is 0 Å². The van der Waals surface area contributed by atoms with Crippen LogP contribution in [0.4, 0.5) is 5.82 Å². The van der Waals surface area contributed by atoms with Crippen LogP contribution in [0.1, 0.15) is 12.5 Å². The van der Waals surface area contributed by atoms with E-state index in [0.29, 0.717) is 26.5 Å². The molecule has 24 heavy (non-hydrogen) atoms. The summed E-state index contributed by atoms with van der Waals surface area (Å²) in [6.07, 6.45) is 0.607. The minimum Gasteiger partial charge on any atom is -0.710 e. The maximum Gasteiger partial charge on any atom is 0.351 e. The SMILES string of the molecule is CC(N)Cc1ccc2c(c1)[n+]([O-])c(-c1ccc(Cl)cc1)c(N)[n+]2[O-]. The maximum absolute atomic E-state index is 12.8. The van der Waals surface area contributed by atoms with Crippen molar-refractivity contribution >= 4 is 28.5 Å². The summed E-state index contributed by atoms with van der Waals surface area (Å²) in [4.78, 5) is 0. The molecule has 1 heterocycles. The summed E-state index contributed by atoms with van der Waals surface area (Å²) in [5, 5.41) is 25.8. The summed E-state index contributed by atoms with van der Waals surface area (Å²) in [7, 11) is 0. The second-order valence-corrected chi connectivity index (χ2v) is 6.27. The van der Waals surface area contributed by atoms with Gasteiger partial charge in [0, 0.05) is 17.1 Å². The van der Waals surface area contributed by atoms with Gasteiger partial charge in [-0.25, -0.2) is 4.73 Å². The Morgan fingerprint density at radius 1 is 1.04 bits per heavy atom. The molecule has 3 aromatic rings. The molecule has 0 saturated heterocycles. The van der Waals surface area contributed by atoms with Crippen molar-refractivity contribution in [3.63, 3.8) is 0 Å². The molecular formula is C17H17ClN4O2. The molecule has 124 valence electrons. The Bertz CT molecular complexity index is 911. The van der Waals surface area contributed by atoms with E-state index in [1.807, 2.05) is 6.92 Å². The van der Waals surface area contributed by atoms with E-state index < -0.39 is 0 Å². The number of hydrogen-bond donors (Lipinski definition) is 2. The van der Waals surface area contributed by atoms with Crippen LogP contribution in [0.25, 0.3) is 22.3 Å². The first-order chi connectivity index (χ1) is 11.4. The monoisotopic (exact) mass is 344 g/mol. The molecule has 1 unspecified atom stereocenters. The Kier molecular flexibility index (Phi) is 4.17. The summed E-state index contributed by atoms with van der Waals surface area (Å²) < 4.78 is 1.26. The van der Waals surface area contributed by atoms with Crippen LogP contribution < -0.4 is 20.9 Å². The van der Waals surface area contributed by atoms with Crippen LogP contribution in [0.2, 0.25) is 5.02 Å². The highest BCUT2D eigenvalue weighted by Crippen LogP contribution is 2.24. The highest BCUT2D eigenvalue weighted by molar-refractivity contribution is 6.30. The number of hydrogen-bond acceptors (Lipinski definition) is 4. The number of halogens is 1. The molecule has 0 fully saturated rings. The maximum atomic E-state index is 12.8. The third-order valence-corrected chi connectivity index (χ3v) is 4.07. The van der Waals surface area contributed by atoms with Crippen molar-refractivity contribution in [2.24, 2.45) is 5.73 Å². The lowest BCUT2D eigenvalue weighted by molar-refractivity contribution is -0.609. The van der Waals surface area contributed by atoms with E-state index in [4.69, 9.17) is 23.1 Å². The van der Waals surface area contributed by atoms with Crippen LogP contribution in [0.15, 0.2) is 42.5 Å². The minimum absolute atomic E-state index is 0.0496. The van der Waals surface area contributed by atoms with Gasteiger partial charge in [0.2, 0.25) is 5.52 Å². The van der Waals surface area contributed by atoms with Crippen molar-refractivity contribution in [1.82, 2.24) is 0 Å². The lowest BCUT2D eigenvalue weighted by Crippen LogP contribution is -2.43. The van der Waals surface area contributed by atoms with Crippen molar-refractivity contribution in [1.29, 1.82) is 0 Å². The van der Waals surface area contributed by atoms with Gasteiger partial charge in [0.25, 0.3) is 5.52 Å². The fraction of sp³-hybridized carbons (Fsp3) is 0.176. The van der Waals surface area contributed by atoms with Gasteiger partial charge in [0.15, 0.2) is 0 Å². The van der Waals surface area contributed by atoms with Gasteiger partial charge in [-0.2, -0.15) is 4.73 Å². The molecule has 4 N–H and O–H groups in total. The number of aromatic nitrogens is 2. The Morgan fingerprint density at radius 2 is 1.71 bits per heavy atom. The van der Waals surface area contributed by atoms with Crippen molar-refractivity contribution in [3.8, 4) is 11.3 Å². The predicted octanol–water partition coefficient (Wildman–Crippen LogP) is 1.90. The van der Waals surface area contributed by atoms with Gasteiger partial charge in [-0.05, 0) is 49.2 Å². The van der Waals surface area contributed by atoms with Crippen LogP contribution in [0.3, 0.4) is 0 Å². The van der Waals surface area contributed by atoms with Crippen molar-refractivity contribution in [2.75, 3.05) is 5.73 Å². The molecule has 6 nitrogen and oxygen atoms in total. The van der Waals surface area contributed by atoms with Gasteiger partial charge >= 0.3 is 11.5 Å². The number of anilines is 1. The molecule has 1 atom stereocenters. The largest absolute Gasteiger partial charge is 0.710 e. The summed E-state index contributed by atoms with van der Waals surface area (Å²) in [6, 6.07) is 11.6. The van der Waals surface area contributed by atoms with Crippen molar-refractivity contribution < 1.29 is 9.46 Å². The van der Waals surface area contributed by atoms with Gasteiger partial charge in [-0.3, -0.25) is 5.73 Å². The molecule has 0 amide bonds. The molecule has 1 aromatic heterocycles. The van der Waals surface area contributed by atoms with E-state index in [9.17, 15) is 10.4 Å². The fourth-order valence-corrected chi connectivity index (χ4v) is 2.85. The number of fused-ring (bicyclic) bond motifs is 1. The normalized spacial score (nSPS) is 12.5. The molecule has 2 aromatic carbocycles. The fourth-order valence-electron chi connectivity index (χ4n) is 2.73. The van der Waals surface area contributed by atoms with Gasteiger partial charge in [-0.1, -0.05) is 17.7 Å². The molecule has 0 saturated carbocycles. The summed E-state index contributed by atoms with van der Waals surface area (Å²) in [6.45, 7) is 1.88. The Morgan fingerprint density at radius 3 is 2.33 bits per heavy atom. The Hall–Kier alpha value is -2.57. The smallest absolute Gasteiger partial charge is 0.351 e. The standard InChI is InChI=1S/C17H17ClN4O2/c1-10(19)8-11-2-7-14-15(9-11)21(23)16(17(20)22(14)24)12-3-5-13(18)6-4-12/h2-7,9-10H,8,19-20H2,1H3. The second-order valence-electron chi connectivity index (χ2n) is 5.83. The van der Waals surface area contributed by atoms with E-state index >= 15 is 0 Å². The van der Waals surface area contributed by atoms with Gasteiger partial charge in [-0.15, -0.1) is 0 Å². The highest BCUT2D eigenvalue weighted by atomic mass is 35.5. The number of nitrogen functional groups attached to an aromatic ring is 1. The summed E-state index contributed by atoms with van der Waals surface area (Å²) in [5.74, 6) is -0.153. The third-order valence-electron chi connectivity index (χ3n) is 3.82.